The van der Waals surface area contributed by atoms with Crippen LogP contribution in [-0.2, 0) is 14.2 Å². The molecule has 1 N–H and O–H groups in total. The van der Waals surface area contributed by atoms with Crippen molar-refractivity contribution in [1.82, 2.24) is 0 Å². The maximum absolute atomic E-state index is 10.8. The Kier molecular flexibility index (Phi) is 5.42. The molecule has 0 saturated heterocycles. The number of hydrogen-bond acceptors (Lipinski definition) is 5. The number of carbonyl (C=O) groups excluding carboxylic acids is 1. The zero-order valence-corrected chi connectivity index (χ0v) is 8.98. The predicted molar refractivity (Wildman–Crippen MR) is 52.3 cm³/mol. The van der Waals surface area contributed by atoms with Crippen LogP contribution in [0.15, 0.2) is 0 Å². The Morgan fingerprint density at radius 1 is 1.33 bits per heavy atom. The SMILES string of the molecule is CCOC(=O)OCOC1CCCCC1O. The number of rotatable bonds is 4. The van der Waals surface area contributed by atoms with E-state index in [1.165, 1.54) is 0 Å². The van der Waals surface area contributed by atoms with Crippen molar-refractivity contribution in [3.63, 3.8) is 0 Å². The van der Waals surface area contributed by atoms with Gasteiger partial charge in [-0.15, -0.1) is 0 Å². The van der Waals surface area contributed by atoms with Crippen LogP contribution in [0.5, 0.6) is 0 Å². The minimum atomic E-state index is -0.734. The molecule has 0 heterocycles. The molecule has 0 spiro atoms. The second-order valence-corrected chi connectivity index (χ2v) is 3.50. The summed E-state index contributed by atoms with van der Waals surface area (Å²) in [7, 11) is 0. The van der Waals surface area contributed by atoms with Gasteiger partial charge in [0.1, 0.15) is 0 Å². The van der Waals surface area contributed by atoms with Crippen LogP contribution >= 0.6 is 0 Å². The summed E-state index contributed by atoms with van der Waals surface area (Å²) in [6.07, 6.45) is 2.25. The highest BCUT2D eigenvalue weighted by atomic mass is 16.8. The van der Waals surface area contributed by atoms with E-state index in [0.717, 1.165) is 25.7 Å². The number of aliphatic hydroxyl groups excluding tert-OH is 1. The molecule has 0 aromatic heterocycles. The molecule has 1 aliphatic carbocycles. The van der Waals surface area contributed by atoms with E-state index < -0.39 is 12.3 Å². The lowest BCUT2D eigenvalue weighted by Gasteiger charge is -2.27. The fourth-order valence-electron chi connectivity index (χ4n) is 1.60. The third kappa shape index (κ3) is 4.48. The fraction of sp³-hybridized carbons (Fsp3) is 0.900. The molecule has 0 bridgehead atoms. The van der Waals surface area contributed by atoms with Gasteiger partial charge >= 0.3 is 6.16 Å². The molecule has 0 aliphatic heterocycles. The van der Waals surface area contributed by atoms with Crippen LogP contribution in [0.25, 0.3) is 0 Å². The summed E-state index contributed by atoms with van der Waals surface area (Å²) in [5.74, 6) is 0. The molecule has 5 nitrogen and oxygen atoms in total. The van der Waals surface area contributed by atoms with Gasteiger partial charge in [0.15, 0.2) is 6.79 Å². The zero-order valence-electron chi connectivity index (χ0n) is 8.98. The summed E-state index contributed by atoms with van der Waals surface area (Å²) in [4.78, 5) is 10.8. The Balaban J connectivity index is 2.10. The summed E-state index contributed by atoms with van der Waals surface area (Å²) in [6, 6.07) is 0. The molecule has 2 atom stereocenters. The third-order valence-corrected chi connectivity index (χ3v) is 2.39. The largest absolute Gasteiger partial charge is 0.510 e. The van der Waals surface area contributed by atoms with Crippen LogP contribution in [-0.4, -0.2) is 36.9 Å². The van der Waals surface area contributed by atoms with E-state index in [-0.39, 0.29) is 19.5 Å². The first-order chi connectivity index (χ1) is 7.24. The van der Waals surface area contributed by atoms with Crippen molar-refractivity contribution in [2.24, 2.45) is 0 Å². The van der Waals surface area contributed by atoms with Gasteiger partial charge < -0.3 is 19.3 Å². The molecule has 0 aromatic carbocycles. The molecule has 1 fully saturated rings. The molecule has 1 rings (SSSR count). The Bertz CT molecular complexity index is 194. The average molecular weight is 218 g/mol. The van der Waals surface area contributed by atoms with Crippen LogP contribution in [0.3, 0.4) is 0 Å². The van der Waals surface area contributed by atoms with E-state index in [0.29, 0.717) is 0 Å². The van der Waals surface area contributed by atoms with Crippen molar-refractivity contribution < 1.29 is 24.1 Å². The minimum Gasteiger partial charge on any atom is -0.435 e. The van der Waals surface area contributed by atoms with E-state index in [9.17, 15) is 9.90 Å². The van der Waals surface area contributed by atoms with Gasteiger partial charge in [0.2, 0.25) is 0 Å². The van der Waals surface area contributed by atoms with E-state index in [1.807, 2.05) is 0 Å². The van der Waals surface area contributed by atoms with Crippen LogP contribution in [0.1, 0.15) is 32.6 Å². The summed E-state index contributed by atoms with van der Waals surface area (Å²) in [5, 5.41) is 9.54. The Hall–Kier alpha value is -0.810. The second-order valence-electron chi connectivity index (χ2n) is 3.50. The van der Waals surface area contributed by atoms with Crippen LogP contribution in [0.2, 0.25) is 0 Å². The van der Waals surface area contributed by atoms with Crippen molar-refractivity contribution >= 4 is 6.16 Å². The van der Waals surface area contributed by atoms with Gasteiger partial charge in [0, 0.05) is 0 Å². The van der Waals surface area contributed by atoms with Crippen molar-refractivity contribution in [3.05, 3.63) is 0 Å². The Labute approximate surface area is 89.3 Å². The zero-order chi connectivity index (χ0) is 11.1. The summed E-state index contributed by atoms with van der Waals surface area (Å²) in [6.45, 7) is 1.83. The maximum atomic E-state index is 10.8. The van der Waals surface area contributed by atoms with Gasteiger partial charge in [-0.25, -0.2) is 4.79 Å². The van der Waals surface area contributed by atoms with Crippen molar-refractivity contribution in [1.29, 1.82) is 0 Å². The lowest BCUT2D eigenvalue weighted by atomic mass is 9.95. The van der Waals surface area contributed by atoms with Gasteiger partial charge in [-0.3, -0.25) is 0 Å². The highest BCUT2D eigenvalue weighted by Crippen LogP contribution is 2.20. The topological polar surface area (TPSA) is 65.0 Å². The molecular weight excluding hydrogens is 200 g/mol. The van der Waals surface area contributed by atoms with E-state index in [2.05, 4.69) is 9.47 Å². The highest BCUT2D eigenvalue weighted by molar-refractivity contribution is 5.59. The van der Waals surface area contributed by atoms with Crippen LogP contribution in [0, 0.1) is 0 Å². The summed E-state index contributed by atoms with van der Waals surface area (Å²) >= 11 is 0. The van der Waals surface area contributed by atoms with Crippen molar-refractivity contribution in [2.45, 2.75) is 44.8 Å². The van der Waals surface area contributed by atoms with Crippen molar-refractivity contribution in [2.75, 3.05) is 13.4 Å². The van der Waals surface area contributed by atoms with Crippen LogP contribution < -0.4 is 0 Å². The third-order valence-electron chi connectivity index (χ3n) is 2.39. The number of hydrogen-bond donors (Lipinski definition) is 1. The minimum absolute atomic E-state index is 0.152. The Morgan fingerprint density at radius 3 is 2.73 bits per heavy atom. The highest BCUT2D eigenvalue weighted by Gasteiger charge is 2.23. The van der Waals surface area contributed by atoms with E-state index in [1.54, 1.807) is 6.92 Å². The smallest absolute Gasteiger partial charge is 0.435 e. The molecular formula is C10H18O5. The van der Waals surface area contributed by atoms with Gasteiger partial charge in [-0.05, 0) is 19.8 Å². The first-order valence-corrected chi connectivity index (χ1v) is 5.33. The quantitative estimate of drug-likeness (QED) is 0.571. The van der Waals surface area contributed by atoms with Gasteiger partial charge in [0.25, 0.3) is 0 Å². The lowest BCUT2D eigenvalue weighted by molar-refractivity contribution is -0.123. The molecule has 2 unspecified atom stereocenters. The molecule has 0 radical (unpaired) electrons. The number of aliphatic hydroxyl groups is 1. The van der Waals surface area contributed by atoms with E-state index >= 15 is 0 Å². The second kappa shape index (κ2) is 6.63. The van der Waals surface area contributed by atoms with Gasteiger partial charge in [0.05, 0.1) is 18.8 Å². The normalized spacial score (nSPS) is 26.0. The standard InChI is InChI=1S/C10H18O5/c1-2-13-10(12)15-7-14-9-6-4-3-5-8(9)11/h8-9,11H,2-7H2,1H3. The maximum Gasteiger partial charge on any atom is 0.510 e. The molecule has 15 heavy (non-hydrogen) atoms. The number of carbonyl (C=O) groups is 1. The van der Waals surface area contributed by atoms with Crippen molar-refractivity contribution in [3.8, 4) is 0 Å². The lowest BCUT2D eigenvalue weighted by Crippen LogP contribution is -2.33. The molecule has 0 amide bonds. The predicted octanol–water partition coefficient (Wildman–Crippen LogP) is 1.44. The Morgan fingerprint density at radius 2 is 2.07 bits per heavy atom. The van der Waals surface area contributed by atoms with E-state index in [4.69, 9.17) is 4.74 Å². The monoisotopic (exact) mass is 218 g/mol. The first-order valence-electron chi connectivity index (χ1n) is 5.33. The van der Waals surface area contributed by atoms with Gasteiger partial charge in [-0.1, -0.05) is 12.8 Å². The number of ether oxygens (including phenoxy) is 3. The van der Waals surface area contributed by atoms with Gasteiger partial charge in [-0.2, -0.15) is 0 Å². The summed E-state index contributed by atoms with van der Waals surface area (Å²) in [5.41, 5.74) is 0. The first kappa shape index (κ1) is 12.3. The fourth-order valence-corrected chi connectivity index (χ4v) is 1.60. The molecule has 1 saturated carbocycles. The molecule has 88 valence electrons. The average Bonchev–Trinajstić information content (AvgIpc) is 2.21. The molecule has 1 aliphatic rings. The summed E-state index contributed by atoms with van der Waals surface area (Å²) < 4.78 is 14.4. The molecule has 0 aromatic rings. The van der Waals surface area contributed by atoms with Crippen LogP contribution in [0.4, 0.5) is 4.79 Å². The molecule has 5 heteroatoms.